The molecule has 0 saturated carbocycles. The Balaban J connectivity index is 2.76. The minimum Gasteiger partial charge on any atom is -0.305 e. The molecule has 0 aliphatic carbocycles. The molecule has 15 heavy (non-hydrogen) atoms. The average Bonchev–Trinajstić information content (AvgIpc) is 2.18. The Morgan fingerprint density at radius 3 is 2.80 bits per heavy atom. The topological polar surface area (TPSA) is 12.0 Å². The molecule has 0 spiro atoms. The summed E-state index contributed by atoms with van der Waals surface area (Å²) < 4.78 is 26.2. The summed E-state index contributed by atoms with van der Waals surface area (Å²) in [5.41, 5.74) is 0.285. The van der Waals surface area contributed by atoms with E-state index in [4.69, 9.17) is 11.6 Å². The van der Waals surface area contributed by atoms with Crippen molar-refractivity contribution in [2.45, 2.75) is 13.0 Å². The Labute approximate surface area is 92.8 Å². The quantitative estimate of drug-likeness (QED) is 0.838. The van der Waals surface area contributed by atoms with Gasteiger partial charge < -0.3 is 5.32 Å². The van der Waals surface area contributed by atoms with E-state index < -0.39 is 11.6 Å². The minimum atomic E-state index is -0.454. The fourth-order valence-corrected chi connectivity index (χ4v) is 1.30. The van der Waals surface area contributed by atoms with Crippen molar-refractivity contribution < 1.29 is 8.78 Å². The van der Waals surface area contributed by atoms with Crippen molar-refractivity contribution in [2.75, 3.05) is 6.54 Å². The summed E-state index contributed by atoms with van der Waals surface area (Å²) >= 11 is 5.56. The molecule has 82 valence electrons. The van der Waals surface area contributed by atoms with E-state index in [-0.39, 0.29) is 11.6 Å². The fourth-order valence-electron chi connectivity index (χ4n) is 1.22. The van der Waals surface area contributed by atoms with Crippen molar-refractivity contribution in [3.63, 3.8) is 0 Å². The van der Waals surface area contributed by atoms with Crippen LogP contribution in [0.3, 0.4) is 0 Å². The van der Waals surface area contributed by atoms with Crippen LogP contribution in [-0.4, -0.2) is 6.54 Å². The van der Waals surface area contributed by atoms with Gasteiger partial charge in [-0.05, 0) is 25.1 Å². The monoisotopic (exact) mass is 231 g/mol. The van der Waals surface area contributed by atoms with Crippen LogP contribution in [0, 0.1) is 11.6 Å². The second kappa shape index (κ2) is 5.24. The van der Waals surface area contributed by atoms with Crippen molar-refractivity contribution in [1.82, 2.24) is 5.32 Å². The number of hydrogen-bond acceptors (Lipinski definition) is 1. The van der Waals surface area contributed by atoms with Crippen LogP contribution in [0.25, 0.3) is 0 Å². The van der Waals surface area contributed by atoms with Crippen molar-refractivity contribution in [2.24, 2.45) is 0 Å². The van der Waals surface area contributed by atoms with E-state index >= 15 is 0 Å². The molecular formula is C11H12ClF2N. The van der Waals surface area contributed by atoms with Crippen LogP contribution in [0.4, 0.5) is 8.78 Å². The van der Waals surface area contributed by atoms with E-state index in [0.717, 1.165) is 12.1 Å². The van der Waals surface area contributed by atoms with Crippen LogP contribution in [0.5, 0.6) is 0 Å². The summed E-state index contributed by atoms with van der Waals surface area (Å²) in [7, 11) is 0. The first-order valence-electron chi connectivity index (χ1n) is 4.52. The Morgan fingerprint density at radius 2 is 2.20 bits per heavy atom. The summed E-state index contributed by atoms with van der Waals surface area (Å²) in [6, 6.07) is 3.06. The zero-order valence-corrected chi connectivity index (χ0v) is 9.11. The third-order valence-electron chi connectivity index (χ3n) is 2.02. The van der Waals surface area contributed by atoms with Gasteiger partial charge in [0.1, 0.15) is 11.6 Å². The number of halogens is 3. The lowest BCUT2D eigenvalue weighted by Crippen LogP contribution is -2.20. The number of benzene rings is 1. The molecule has 1 unspecified atom stereocenters. The maximum absolute atomic E-state index is 13.3. The zero-order valence-electron chi connectivity index (χ0n) is 8.36. The molecule has 1 nitrogen and oxygen atoms in total. The third kappa shape index (κ3) is 3.61. The molecule has 1 aromatic carbocycles. The molecule has 0 aromatic heterocycles. The first-order valence-corrected chi connectivity index (χ1v) is 4.90. The maximum atomic E-state index is 13.3. The largest absolute Gasteiger partial charge is 0.305 e. The predicted molar refractivity (Wildman–Crippen MR) is 57.8 cm³/mol. The summed E-state index contributed by atoms with van der Waals surface area (Å²) in [5, 5.41) is 3.36. The highest BCUT2D eigenvalue weighted by molar-refractivity contribution is 6.29. The van der Waals surface area contributed by atoms with Crippen molar-refractivity contribution in [3.8, 4) is 0 Å². The van der Waals surface area contributed by atoms with Gasteiger partial charge in [0.15, 0.2) is 0 Å². The van der Waals surface area contributed by atoms with E-state index in [9.17, 15) is 8.78 Å². The number of hydrogen-bond donors (Lipinski definition) is 1. The Hall–Kier alpha value is -0.930. The third-order valence-corrected chi connectivity index (χ3v) is 2.16. The molecule has 0 heterocycles. The molecule has 1 rings (SSSR count). The zero-order chi connectivity index (χ0) is 11.4. The maximum Gasteiger partial charge on any atom is 0.128 e. The second-order valence-electron chi connectivity index (χ2n) is 3.29. The van der Waals surface area contributed by atoms with Crippen LogP contribution in [0.2, 0.25) is 0 Å². The number of rotatable bonds is 4. The minimum absolute atomic E-state index is 0.285. The lowest BCUT2D eigenvalue weighted by molar-refractivity contribution is 0.535. The molecule has 0 saturated heterocycles. The van der Waals surface area contributed by atoms with Gasteiger partial charge in [0.25, 0.3) is 0 Å². The highest BCUT2D eigenvalue weighted by Crippen LogP contribution is 2.18. The summed E-state index contributed by atoms with van der Waals surface area (Å²) in [6.07, 6.45) is 0. The first kappa shape index (κ1) is 12.1. The van der Waals surface area contributed by atoms with Crippen LogP contribution in [0.15, 0.2) is 29.8 Å². The van der Waals surface area contributed by atoms with Gasteiger partial charge in [0.2, 0.25) is 0 Å². The molecule has 4 heteroatoms. The highest BCUT2D eigenvalue weighted by atomic mass is 35.5. The summed E-state index contributed by atoms with van der Waals surface area (Å²) in [4.78, 5) is 0. The SMILES string of the molecule is C=C(Cl)CNC(C)c1cc(F)ccc1F. The van der Waals surface area contributed by atoms with Gasteiger partial charge in [0, 0.05) is 23.2 Å². The van der Waals surface area contributed by atoms with Crippen molar-refractivity contribution in [3.05, 3.63) is 47.0 Å². The molecule has 1 atom stereocenters. The molecule has 0 aliphatic heterocycles. The normalized spacial score (nSPS) is 12.5. The van der Waals surface area contributed by atoms with Crippen LogP contribution < -0.4 is 5.32 Å². The highest BCUT2D eigenvalue weighted by Gasteiger charge is 2.11. The van der Waals surface area contributed by atoms with Gasteiger partial charge in [0.05, 0.1) is 0 Å². The molecule has 1 aromatic rings. The van der Waals surface area contributed by atoms with E-state index in [0.29, 0.717) is 11.6 Å². The second-order valence-corrected chi connectivity index (χ2v) is 3.82. The van der Waals surface area contributed by atoms with Gasteiger partial charge in [-0.25, -0.2) is 8.78 Å². The Morgan fingerprint density at radius 1 is 1.53 bits per heavy atom. The predicted octanol–water partition coefficient (Wildman–Crippen LogP) is 3.37. The average molecular weight is 232 g/mol. The lowest BCUT2D eigenvalue weighted by atomic mass is 10.1. The fraction of sp³-hybridized carbons (Fsp3) is 0.273. The van der Waals surface area contributed by atoms with Gasteiger partial charge in [-0.2, -0.15) is 0 Å². The molecule has 0 fully saturated rings. The van der Waals surface area contributed by atoms with Crippen molar-refractivity contribution >= 4 is 11.6 Å². The van der Waals surface area contributed by atoms with Crippen LogP contribution >= 0.6 is 11.6 Å². The van der Waals surface area contributed by atoms with E-state index in [1.54, 1.807) is 6.92 Å². The molecule has 0 radical (unpaired) electrons. The van der Waals surface area contributed by atoms with Gasteiger partial charge in [-0.15, -0.1) is 0 Å². The van der Waals surface area contributed by atoms with E-state index in [1.165, 1.54) is 6.07 Å². The van der Waals surface area contributed by atoms with E-state index in [1.807, 2.05) is 0 Å². The van der Waals surface area contributed by atoms with Gasteiger partial charge >= 0.3 is 0 Å². The first-order chi connectivity index (χ1) is 7.00. The van der Waals surface area contributed by atoms with Crippen molar-refractivity contribution in [1.29, 1.82) is 0 Å². The summed E-state index contributed by atoms with van der Waals surface area (Å²) in [5.74, 6) is -0.888. The standard InChI is InChI=1S/C11H12ClF2N/c1-7(12)6-15-8(2)10-5-9(13)3-4-11(10)14/h3-5,8,15H,1,6H2,2H3. The Kier molecular flexibility index (Phi) is 4.24. The Bertz CT molecular complexity index is 366. The molecule has 0 aliphatic rings. The van der Waals surface area contributed by atoms with Crippen LogP contribution in [0.1, 0.15) is 18.5 Å². The summed E-state index contributed by atoms with van der Waals surface area (Å²) in [6.45, 7) is 5.59. The van der Waals surface area contributed by atoms with Crippen LogP contribution in [-0.2, 0) is 0 Å². The molecule has 1 N–H and O–H groups in total. The van der Waals surface area contributed by atoms with Gasteiger partial charge in [-0.3, -0.25) is 0 Å². The number of nitrogens with one attached hydrogen (secondary N) is 1. The smallest absolute Gasteiger partial charge is 0.128 e. The molecule has 0 amide bonds. The van der Waals surface area contributed by atoms with E-state index in [2.05, 4.69) is 11.9 Å². The lowest BCUT2D eigenvalue weighted by Gasteiger charge is -2.14. The van der Waals surface area contributed by atoms with Gasteiger partial charge in [-0.1, -0.05) is 18.2 Å². The molecular weight excluding hydrogens is 220 g/mol. The molecule has 0 bridgehead atoms.